The van der Waals surface area contributed by atoms with Gasteiger partial charge in [0.1, 0.15) is 18.0 Å². The largest absolute Gasteiger partial charge is 0.482 e. The minimum atomic E-state index is -4.34. The predicted molar refractivity (Wildman–Crippen MR) is 156 cm³/mol. The molecule has 1 aromatic heterocycles. The Balaban J connectivity index is 1.63. The van der Waals surface area contributed by atoms with E-state index in [1.165, 1.54) is 34.8 Å². The highest BCUT2D eigenvalue weighted by atomic mass is 32.2. The number of para-hydroxylation sites is 1. The molecule has 0 saturated heterocycles. The number of aromatic nitrogens is 2. The zero-order valence-corrected chi connectivity index (χ0v) is 23.9. The normalized spacial score (nSPS) is 11.3. The molecule has 4 aromatic rings. The van der Waals surface area contributed by atoms with Crippen LogP contribution in [0, 0.1) is 6.92 Å². The Morgan fingerprint density at radius 3 is 2.33 bits per heavy atom. The Kier molecular flexibility index (Phi) is 9.22. The van der Waals surface area contributed by atoms with Crippen molar-refractivity contribution in [2.45, 2.75) is 11.8 Å². The number of nitrogens with one attached hydrogen (secondary N) is 1. The van der Waals surface area contributed by atoms with Crippen molar-refractivity contribution in [1.82, 2.24) is 14.8 Å². The van der Waals surface area contributed by atoms with E-state index in [1.807, 2.05) is 0 Å². The zero-order valence-electron chi connectivity index (χ0n) is 23.1. The number of hydrazone groups is 1. The van der Waals surface area contributed by atoms with Gasteiger partial charge in [0, 0.05) is 7.05 Å². The lowest BCUT2D eigenvalue weighted by molar-refractivity contribution is -0.142. The van der Waals surface area contributed by atoms with Gasteiger partial charge in [0.2, 0.25) is 0 Å². The molecule has 1 N–H and O–H groups in total. The molecule has 0 unspecified atom stereocenters. The first kappa shape index (κ1) is 29.8. The molecule has 12 nitrogen and oxygen atoms in total. The first-order valence-corrected chi connectivity index (χ1v) is 14.1. The molecule has 1 heterocycles. The third-order valence-electron chi connectivity index (χ3n) is 6.24. The number of carbonyl (C=O) groups excluding carboxylic acids is 2. The van der Waals surface area contributed by atoms with Crippen molar-refractivity contribution in [3.63, 3.8) is 0 Å². The average Bonchev–Trinajstić information content (AvgIpc) is 3.22. The summed E-state index contributed by atoms with van der Waals surface area (Å²) in [4.78, 5) is 38.0. The fourth-order valence-corrected chi connectivity index (χ4v) is 5.57. The maximum atomic E-state index is 13.8. The summed E-state index contributed by atoms with van der Waals surface area (Å²) >= 11 is 0. The third kappa shape index (κ3) is 6.58. The van der Waals surface area contributed by atoms with Gasteiger partial charge in [0.15, 0.2) is 6.61 Å². The second-order valence-electron chi connectivity index (χ2n) is 8.97. The highest BCUT2D eigenvalue weighted by molar-refractivity contribution is 7.92. The second-order valence-corrected chi connectivity index (χ2v) is 10.8. The monoisotopic (exact) mass is 591 g/mol. The molecule has 0 aliphatic heterocycles. The van der Waals surface area contributed by atoms with Crippen LogP contribution >= 0.6 is 0 Å². The van der Waals surface area contributed by atoms with Crippen LogP contribution in [0.15, 0.2) is 99.7 Å². The average molecular weight is 592 g/mol. The van der Waals surface area contributed by atoms with Crippen molar-refractivity contribution in [1.29, 1.82) is 0 Å². The number of amides is 1. The predicted octanol–water partition coefficient (Wildman–Crippen LogP) is 2.38. The molecule has 0 saturated carbocycles. The van der Waals surface area contributed by atoms with Gasteiger partial charge in [-0.1, -0.05) is 48.5 Å². The van der Waals surface area contributed by atoms with Gasteiger partial charge in [-0.3, -0.25) is 14.3 Å². The van der Waals surface area contributed by atoms with Crippen molar-refractivity contribution in [3.8, 4) is 11.4 Å². The lowest BCUT2D eigenvalue weighted by atomic mass is 10.2. The zero-order chi connectivity index (χ0) is 30.3. The highest BCUT2D eigenvalue weighted by Crippen LogP contribution is 2.25. The molecule has 0 aliphatic rings. The van der Waals surface area contributed by atoms with E-state index in [9.17, 15) is 22.8 Å². The standard InChI is InChI=1S/C29H29N5O7S/c1-21-28(29(37)34(32(21)2)23-12-6-4-7-13-23)33(42(38,39)25-15-8-5-9-16-25)19-26(35)31-30-18-22-11-10-14-24(17-22)41-20-27(36)40-3/h4-18H,19-20H2,1-3H3,(H,31,35)/b30-18-. The Labute approximate surface area is 242 Å². The summed E-state index contributed by atoms with van der Waals surface area (Å²) in [5, 5.41) is 3.93. The van der Waals surface area contributed by atoms with E-state index in [0.29, 0.717) is 22.7 Å². The first-order chi connectivity index (χ1) is 20.1. The van der Waals surface area contributed by atoms with E-state index in [-0.39, 0.29) is 17.2 Å². The van der Waals surface area contributed by atoms with E-state index in [4.69, 9.17) is 4.74 Å². The topological polar surface area (TPSA) is 141 Å². The van der Waals surface area contributed by atoms with Crippen LogP contribution in [0.3, 0.4) is 0 Å². The molecular weight excluding hydrogens is 562 g/mol. The number of ether oxygens (including phenoxy) is 2. The molecule has 0 fully saturated rings. The number of methoxy groups -OCH3 is 1. The summed E-state index contributed by atoms with van der Waals surface area (Å²) in [6, 6.07) is 22.9. The van der Waals surface area contributed by atoms with Crippen LogP contribution < -0.4 is 20.0 Å². The number of hydrogen-bond acceptors (Lipinski definition) is 8. The second kappa shape index (κ2) is 13.0. The summed E-state index contributed by atoms with van der Waals surface area (Å²) in [6.07, 6.45) is 1.33. The van der Waals surface area contributed by atoms with Gasteiger partial charge in [-0.15, -0.1) is 0 Å². The molecule has 1 amide bonds. The maximum Gasteiger partial charge on any atom is 0.343 e. The van der Waals surface area contributed by atoms with E-state index < -0.39 is 34.0 Å². The van der Waals surface area contributed by atoms with Crippen LogP contribution in [0.5, 0.6) is 5.75 Å². The van der Waals surface area contributed by atoms with Crippen molar-refractivity contribution < 1.29 is 27.5 Å². The van der Waals surface area contributed by atoms with Gasteiger partial charge >= 0.3 is 5.97 Å². The molecule has 0 spiro atoms. The number of hydrogen-bond donors (Lipinski definition) is 1. The Bertz CT molecular complexity index is 1770. The van der Waals surface area contributed by atoms with E-state index >= 15 is 0 Å². The molecule has 218 valence electrons. The summed E-state index contributed by atoms with van der Waals surface area (Å²) in [5.74, 6) is -0.941. The van der Waals surface area contributed by atoms with Crippen molar-refractivity contribution in [2.24, 2.45) is 12.1 Å². The molecule has 13 heteroatoms. The van der Waals surface area contributed by atoms with Crippen molar-refractivity contribution >= 4 is 33.8 Å². The Morgan fingerprint density at radius 2 is 1.67 bits per heavy atom. The number of benzene rings is 3. The van der Waals surface area contributed by atoms with Gasteiger partial charge in [-0.05, 0) is 48.9 Å². The molecule has 0 bridgehead atoms. The fourth-order valence-electron chi connectivity index (χ4n) is 4.08. The molecule has 4 rings (SSSR count). The van der Waals surface area contributed by atoms with E-state index in [1.54, 1.807) is 86.8 Å². The summed E-state index contributed by atoms with van der Waals surface area (Å²) in [5.41, 5.74) is 2.95. The van der Waals surface area contributed by atoms with Gasteiger partial charge in [-0.25, -0.2) is 27.6 Å². The maximum absolute atomic E-state index is 13.8. The SMILES string of the molecule is COC(=O)COc1cccc(/C=N\NC(=O)CN(c2c(C)n(C)n(-c3ccccc3)c2=O)S(=O)(=O)c2ccccc2)c1. The summed E-state index contributed by atoms with van der Waals surface area (Å²) in [7, 11) is -1.45. The molecule has 0 aliphatic carbocycles. The molecule has 3 aromatic carbocycles. The smallest absolute Gasteiger partial charge is 0.343 e. The molecule has 42 heavy (non-hydrogen) atoms. The molecule has 0 atom stereocenters. The summed E-state index contributed by atoms with van der Waals surface area (Å²) < 4.78 is 41.2. The van der Waals surface area contributed by atoms with E-state index in [2.05, 4.69) is 15.3 Å². The van der Waals surface area contributed by atoms with Gasteiger partial charge in [-0.2, -0.15) is 5.10 Å². The number of esters is 1. The first-order valence-electron chi connectivity index (χ1n) is 12.7. The number of carbonyl (C=O) groups is 2. The fraction of sp³-hybridized carbons (Fsp3) is 0.172. The molecular formula is C29H29N5O7S. The number of sulfonamides is 1. The minimum Gasteiger partial charge on any atom is -0.482 e. The van der Waals surface area contributed by atoms with Crippen LogP contribution in [0.2, 0.25) is 0 Å². The third-order valence-corrected chi connectivity index (χ3v) is 8.00. The van der Waals surface area contributed by atoms with Crippen LogP contribution in [-0.4, -0.2) is 56.1 Å². The minimum absolute atomic E-state index is 0.0843. The van der Waals surface area contributed by atoms with E-state index in [0.717, 1.165) is 4.31 Å². The number of anilines is 1. The van der Waals surface area contributed by atoms with Crippen LogP contribution in [0.25, 0.3) is 5.69 Å². The van der Waals surface area contributed by atoms with Gasteiger partial charge < -0.3 is 9.47 Å². The highest BCUT2D eigenvalue weighted by Gasteiger charge is 2.33. The molecule has 0 radical (unpaired) electrons. The van der Waals surface area contributed by atoms with Crippen LogP contribution in [0.4, 0.5) is 5.69 Å². The van der Waals surface area contributed by atoms with Crippen molar-refractivity contribution in [3.05, 3.63) is 107 Å². The quantitative estimate of drug-likeness (QED) is 0.160. The van der Waals surface area contributed by atoms with Gasteiger partial charge in [0.05, 0.1) is 29.6 Å². The summed E-state index contributed by atoms with van der Waals surface area (Å²) in [6.45, 7) is 0.616. The van der Waals surface area contributed by atoms with Crippen molar-refractivity contribution in [2.75, 3.05) is 24.6 Å². The van der Waals surface area contributed by atoms with Gasteiger partial charge in [0.25, 0.3) is 21.5 Å². The Morgan fingerprint density at radius 1 is 1.00 bits per heavy atom. The lowest BCUT2D eigenvalue weighted by Crippen LogP contribution is -2.42. The van der Waals surface area contributed by atoms with Crippen LogP contribution in [-0.2, 0) is 31.4 Å². The van der Waals surface area contributed by atoms with Crippen LogP contribution in [0.1, 0.15) is 11.3 Å². The lowest BCUT2D eigenvalue weighted by Gasteiger charge is -2.22. The number of nitrogens with zero attached hydrogens (tertiary/aromatic N) is 4. The Hall–Kier alpha value is -5.17. The number of rotatable bonds is 11.